The monoisotopic (exact) mass is 507 g/mol. The summed E-state index contributed by atoms with van der Waals surface area (Å²) in [6, 6.07) is 8.39. The molecule has 3 saturated heterocycles. The first-order valence-corrected chi connectivity index (χ1v) is 12.4. The summed E-state index contributed by atoms with van der Waals surface area (Å²) in [6.07, 6.45) is -3.66. The van der Waals surface area contributed by atoms with E-state index in [2.05, 4.69) is 5.32 Å². The Balaban J connectivity index is 1.44. The van der Waals surface area contributed by atoms with Gasteiger partial charge in [0.2, 0.25) is 0 Å². The van der Waals surface area contributed by atoms with E-state index in [9.17, 15) is 9.59 Å². The highest BCUT2D eigenvalue weighted by Crippen LogP contribution is 2.42. The predicted octanol–water partition coefficient (Wildman–Crippen LogP) is 3.27. The van der Waals surface area contributed by atoms with Crippen LogP contribution in [0.3, 0.4) is 0 Å². The van der Waals surface area contributed by atoms with Gasteiger partial charge in [0.1, 0.15) is 24.9 Å². The number of carbonyl (C=O) groups is 2. The average molecular weight is 508 g/mol. The standard InChI is InChI=1S/C26H37NO9/c1-15(2)12-17(27-24(29)30-13-16-10-8-7-9-11-16)22(28)32-20-19(18-14-31-25(3,4)34-18)33-23-21(20)35-26(5,6)36-23/h7-11,15,17-21,23H,12-14H2,1-6H3,(H,27,29)/t17-,18-,19-,20+,21+,23-/m0/s1. The van der Waals surface area contributed by atoms with Crippen molar-refractivity contribution in [1.29, 1.82) is 0 Å². The van der Waals surface area contributed by atoms with Crippen LogP contribution in [0.4, 0.5) is 4.79 Å². The molecule has 6 atom stereocenters. The van der Waals surface area contributed by atoms with Crippen LogP contribution >= 0.6 is 0 Å². The van der Waals surface area contributed by atoms with Gasteiger partial charge in [-0.15, -0.1) is 0 Å². The van der Waals surface area contributed by atoms with Gasteiger partial charge in [-0.1, -0.05) is 44.2 Å². The third kappa shape index (κ3) is 6.54. The smallest absolute Gasteiger partial charge is 0.408 e. The first-order valence-electron chi connectivity index (χ1n) is 12.4. The number of fused-ring (bicyclic) bond motifs is 1. The first kappa shape index (κ1) is 26.8. The van der Waals surface area contributed by atoms with Crippen LogP contribution in [0.25, 0.3) is 0 Å². The molecular formula is C26H37NO9. The maximum atomic E-state index is 13.4. The SMILES string of the molecule is CC(C)C[C@H](NC(=O)OCc1ccccc1)C(=O)O[C@@H]1[C@H]([C@@H]2COC(C)(C)O2)O[C@H]2OC(C)(C)O[C@@H]21. The maximum Gasteiger partial charge on any atom is 0.408 e. The summed E-state index contributed by atoms with van der Waals surface area (Å²) in [6.45, 7) is 11.4. The van der Waals surface area contributed by atoms with Crippen LogP contribution in [0.1, 0.15) is 53.5 Å². The Morgan fingerprint density at radius 1 is 1.03 bits per heavy atom. The molecule has 0 aromatic heterocycles. The Morgan fingerprint density at radius 3 is 2.39 bits per heavy atom. The van der Waals surface area contributed by atoms with E-state index in [1.165, 1.54) is 0 Å². The molecule has 36 heavy (non-hydrogen) atoms. The van der Waals surface area contributed by atoms with Gasteiger partial charge in [-0.25, -0.2) is 9.59 Å². The average Bonchev–Trinajstić information content (AvgIpc) is 3.41. The summed E-state index contributed by atoms with van der Waals surface area (Å²) in [5.74, 6) is -2.18. The molecule has 3 aliphatic rings. The fourth-order valence-corrected chi connectivity index (χ4v) is 4.62. The zero-order valence-electron chi connectivity index (χ0n) is 21.7. The maximum absolute atomic E-state index is 13.4. The first-order chi connectivity index (χ1) is 16.9. The summed E-state index contributed by atoms with van der Waals surface area (Å²) in [5.41, 5.74) is 0.843. The number of amides is 1. The Morgan fingerprint density at radius 2 is 1.75 bits per heavy atom. The fourth-order valence-electron chi connectivity index (χ4n) is 4.62. The number of esters is 1. The van der Waals surface area contributed by atoms with Crippen LogP contribution < -0.4 is 5.32 Å². The molecule has 3 aliphatic heterocycles. The lowest BCUT2D eigenvalue weighted by Gasteiger charge is -2.30. The van der Waals surface area contributed by atoms with Crippen LogP contribution in [0.15, 0.2) is 30.3 Å². The van der Waals surface area contributed by atoms with E-state index in [1.807, 2.05) is 58.0 Å². The number of nitrogens with one attached hydrogen (secondary N) is 1. The van der Waals surface area contributed by atoms with E-state index >= 15 is 0 Å². The largest absolute Gasteiger partial charge is 0.455 e. The molecule has 10 nitrogen and oxygen atoms in total. The second-order valence-corrected chi connectivity index (χ2v) is 10.7. The highest BCUT2D eigenvalue weighted by molar-refractivity contribution is 5.81. The number of carbonyl (C=O) groups excluding carboxylic acids is 2. The van der Waals surface area contributed by atoms with Gasteiger partial charge in [0.25, 0.3) is 0 Å². The summed E-state index contributed by atoms with van der Waals surface area (Å²) < 4.78 is 41.0. The van der Waals surface area contributed by atoms with Crippen molar-refractivity contribution in [3.8, 4) is 0 Å². The highest BCUT2D eigenvalue weighted by Gasteiger charge is 2.60. The van der Waals surface area contributed by atoms with E-state index in [-0.39, 0.29) is 19.1 Å². The number of hydrogen-bond donors (Lipinski definition) is 1. The molecule has 0 bridgehead atoms. The molecule has 200 valence electrons. The molecule has 3 fully saturated rings. The van der Waals surface area contributed by atoms with Crippen LogP contribution in [0.2, 0.25) is 0 Å². The van der Waals surface area contributed by atoms with Crippen LogP contribution in [0, 0.1) is 5.92 Å². The molecule has 0 spiro atoms. The summed E-state index contributed by atoms with van der Waals surface area (Å²) in [4.78, 5) is 25.9. The molecule has 1 aromatic rings. The Kier molecular flexibility index (Phi) is 7.92. The highest BCUT2D eigenvalue weighted by atomic mass is 16.8. The fraction of sp³-hybridized carbons (Fsp3) is 0.692. The van der Waals surface area contributed by atoms with Crippen molar-refractivity contribution < 1.29 is 42.7 Å². The van der Waals surface area contributed by atoms with Crippen LogP contribution in [0.5, 0.6) is 0 Å². The molecule has 3 heterocycles. The number of benzene rings is 1. The molecule has 0 radical (unpaired) electrons. The van der Waals surface area contributed by atoms with E-state index in [0.29, 0.717) is 6.42 Å². The minimum Gasteiger partial charge on any atom is -0.455 e. The molecule has 1 amide bonds. The predicted molar refractivity (Wildman–Crippen MR) is 126 cm³/mol. The van der Waals surface area contributed by atoms with Gasteiger partial charge < -0.3 is 38.5 Å². The molecule has 1 aromatic carbocycles. The zero-order valence-corrected chi connectivity index (χ0v) is 21.7. The molecular weight excluding hydrogens is 470 g/mol. The van der Waals surface area contributed by atoms with Crippen molar-refractivity contribution >= 4 is 12.1 Å². The molecule has 1 N–H and O–H groups in total. The van der Waals surface area contributed by atoms with Gasteiger partial charge in [0.15, 0.2) is 30.1 Å². The van der Waals surface area contributed by atoms with E-state index in [1.54, 1.807) is 13.8 Å². The van der Waals surface area contributed by atoms with Crippen LogP contribution in [-0.4, -0.2) is 67.0 Å². The lowest BCUT2D eigenvalue weighted by atomic mass is 10.0. The number of hydrogen-bond acceptors (Lipinski definition) is 9. The molecule has 0 saturated carbocycles. The van der Waals surface area contributed by atoms with E-state index in [4.69, 9.17) is 33.2 Å². The van der Waals surface area contributed by atoms with Crippen molar-refractivity contribution in [2.24, 2.45) is 5.92 Å². The van der Waals surface area contributed by atoms with E-state index in [0.717, 1.165) is 5.56 Å². The summed E-state index contributed by atoms with van der Waals surface area (Å²) in [5, 5.41) is 2.66. The Hall–Kier alpha value is -2.24. The Bertz CT molecular complexity index is 919. The van der Waals surface area contributed by atoms with E-state index < -0.39 is 60.4 Å². The zero-order chi connectivity index (χ0) is 26.1. The minimum atomic E-state index is -0.916. The summed E-state index contributed by atoms with van der Waals surface area (Å²) in [7, 11) is 0. The van der Waals surface area contributed by atoms with Crippen molar-refractivity contribution in [2.45, 2.75) is 103 Å². The quantitative estimate of drug-likeness (QED) is 0.530. The number of rotatable bonds is 8. The minimum absolute atomic E-state index is 0.0908. The number of ether oxygens (including phenoxy) is 7. The van der Waals surface area contributed by atoms with Gasteiger partial charge >= 0.3 is 12.1 Å². The third-order valence-corrected chi connectivity index (χ3v) is 6.17. The van der Waals surface area contributed by atoms with Gasteiger partial charge in [-0.05, 0) is 45.6 Å². The third-order valence-electron chi connectivity index (χ3n) is 6.17. The van der Waals surface area contributed by atoms with Gasteiger partial charge in [-0.3, -0.25) is 0 Å². The van der Waals surface area contributed by atoms with Crippen molar-refractivity contribution in [2.75, 3.05) is 6.61 Å². The molecule has 0 unspecified atom stereocenters. The Labute approximate surface area is 211 Å². The van der Waals surface area contributed by atoms with Crippen LogP contribution in [-0.2, 0) is 44.6 Å². The normalized spacial score (nSPS) is 31.1. The molecule has 10 heteroatoms. The van der Waals surface area contributed by atoms with Gasteiger partial charge in [0, 0.05) is 0 Å². The molecule has 4 rings (SSSR count). The molecule has 0 aliphatic carbocycles. The lowest BCUT2D eigenvalue weighted by molar-refractivity contribution is -0.235. The van der Waals surface area contributed by atoms with Gasteiger partial charge in [0.05, 0.1) is 6.61 Å². The second-order valence-electron chi connectivity index (χ2n) is 10.7. The lowest BCUT2D eigenvalue weighted by Crippen LogP contribution is -2.49. The van der Waals surface area contributed by atoms with Crippen molar-refractivity contribution in [1.82, 2.24) is 5.32 Å². The second kappa shape index (κ2) is 10.6. The van der Waals surface area contributed by atoms with Crippen molar-refractivity contribution in [3.05, 3.63) is 35.9 Å². The number of alkyl carbamates (subject to hydrolysis) is 1. The summed E-state index contributed by atoms with van der Waals surface area (Å²) >= 11 is 0. The topological polar surface area (TPSA) is 111 Å². The van der Waals surface area contributed by atoms with Gasteiger partial charge in [-0.2, -0.15) is 0 Å². The van der Waals surface area contributed by atoms with Crippen molar-refractivity contribution in [3.63, 3.8) is 0 Å².